The molecule has 1 N–H and O–H groups in total. The number of rotatable bonds is 6. The standard InChI is InChI=1S/C19H16Cl2N4O2/c20-14-4-5-15(16(21)11-14)19(27)23-9-2-10-25-18(26)7-6-17(24-25)13-3-1-8-22-12-13/h1,3-8,11-12H,2,9-10H2,(H,23,27). The molecule has 0 saturated heterocycles. The number of carbonyl (C=O) groups is 1. The fourth-order valence-electron chi connectivity index (χ4n) is 2.48. The lowest BCUT2D eigenvalue weighted by atomic mass is 10.2. The second-order valence-electron chi connectivity index (χ2n) is 5.76. The van der Waals surface area contributed by atoms with Crippen LogP contribution in [0.5, 0.6) is 0 Å². The highest BCUT2D eigenvalue weighted by Gasteiger charge is 2.10. The quantitative estimate of drug-likeness (QED) is 0.640. The molecule has 2 aromatic heterocycles. The summed E-state index contributed by atoms with van der Waals surface area (Å²) in [6, 6.07) is 11.5. The molecule has 0 atom stereocenters. The summed E-state index contributed by atoms with van der Waals surface area (Å²) in [4.78, 5) is 28.2. The number of carbonyl (C=O) groups excluding carboxylic acids is 1. The number of pyridine rings is 1. The van der Waals surface area contributed by atoms with Crippen LogP contribution in [0.3, 0.4) is 0 Å². The molecule has 2 heterocycles. The molecule has 3 rings (SSSR count). The van der Waals surface area contributed by atoms with Gasteiger partial charge in [0, 0.05) is 42.1 Å². The summed E-state index contributed by atoms with van der Waals surface area (Å²) < 4.78 is 1.38. The second kappa shape index (κ2) is 8.79. The molecule has 27 heavy (non-hydrogen) atoms. The molecule has 0 aliphatic carbocycles. The van der Waals surface area contributed by atoms with E-state index < -0.39 is 0 Å². The Morgan fingerprint density at radius 3 is 2.74 bits per heavy atom. The molecule has 0 unspecified atom stereocenters. The summed E-state index contributed by atoms with van der Waals surface area (Å²) in [5, 5.41) is 7.89. The summed E-state index contributed by atoms with van der Waals surface area (Å²) >= 11 is 11.9. The monoisotopic (exact) mass is 402 g/mol. The molecule has 0 saturated carbocycles. The van der Waals surface area contributed by atoms with Gasteiger partial charge in [0.2, 0.25) is 0 Å². The van der Waals surface area contributed by atoms with Crippen molar-refractivity contribution < 1.29 is 4.79 Å². The van der Waals surface area contributed by atoms with Gasteiger partial charge < -0.3 is 5.32 Å². The predicted molar refractivity (Wildman–Crippen MR) is 105 cm³/mol. The van der Waals surface area contributed by atoms with Crippen LogP contribution in [0, 0.1) is 0 Å². The Morgan fingerprint density at radius 2 is 2.00 bits per heavy atom. The van der Waals surface area contributed by atoms with Gasteiger partial charge in [0.1, 0.15) is 0 Å². The molecule has 0 radical (unpaired) electrons. The predicted octanol–water partition coefficient (Wildman–Crippen LogP) is 3.43. The van der Waals surface area contributed by atoms with Crippen LogP contribution >= 0.6 is 23.2 Å². The minimum absolute atomic E-state index is 0.199. The van der Waals surface area contributed by atoms with Gasteiger partial charge >= 0.3 is 0 Å². The van der Waals surface area contributed by atoms with E-state index in [4.69, 9.17) is 23.2 Å². The zero-order valence-electron chi connectivity index (χ0n) is 14.2. The van der Waals surface area contributed by atoms with Crippen LogP contribution in [0.15, 0.2) is 59.7 Å². The van der Waals surface area contributed by atoms with Crippen LogP contribution < -0.4 is 10.9 Å². The zero-order valence-corrected chi connectivity index (χ0v) is 15.7. The maximum absolute atomic E-state index is 12.2. The Labute approximate surface area is 165 Å². The Hall–Kier alpha value is -2.70. The molecule has 8 heteroatoms. The van der Waals surface area contributed by atoms with E-state index in [-0.39, 0.29) is 11.5 Å². The fourth-order valence-corrected chi connectivity index (χ4v) is 2.97. The normalized spacial score (nSPS) is 10.6. The number of nitrogens with one attached hydrogen (secondary N) is 1. The first kappa shape index (κ1) is 19.1. The van der Waals surface area contributed by atoms with Crippen molar-refractivity contribution in [1.29, 1.82) is 0 Å². The van der Waals surface area contributed by atoms with Crippen LogP contribution in [0.25, 0.3) is 11.3 Å². The van der Waals surface area contributed by atoms with E-state index in [2.05, 4.69) is 15.4 Å². The first-order valence-corrected chi connectivity index (χ1v) is 9.02. The molecule has 0 aliphatic rings. The smallest absolute Gasteiger partial charge is 0.266 e. The van der Waals surface area contributed by atoms with Crippen LogP contribution in [-0.2, 0) is 6.54 Å². The Balaban J connectivity index is 1.59. The number of nitrogens with zero attached hydrogens (tertiary/aromatic N) is 3. The van der Waals surface area contributed by atoms with E-state index in [1.54, 1.807) is 30.6 Å². The van der Waals surface area contributed by atoms with Crippen molar-refractivity contribution in [3.05, 3.63) is 80.8 Å². The van der Waals surface area contributed by atoms with Gasteiger partial charge in [-0.1, -0.05) is 23.2 Å². The Bertz CT molecular complexity index is 1010. The number of aromatic nitrogens is 3. The maximum atomic E-state index is 12.2. The molecule has 0 fully saturated rings. The topological polar surface area (TPSA) is 76.9 Å². The van der Waals surface area contributed by atoms with E-state index in [0.717, 1.165) is 5.56 Å². The van der Waals surface area contributed by atoms with Gasteiger partial charge in [-0.2, -0.15) is 5.10 Å². The lowest BCUT2D eigenvalue weighted by Crippen LogP contribution is -2.28. The molecule has 3 aromatic rings. The van der Waals surface area contributed by atoms with Gasteiger partial charge in [0.05, 0.1) is 16.3 Å². The van der Waals surface area contributed by atoms with Crippen molar-refractivity contribution in [1.82, 2.24) is 20.1 Å². The summed E-state index contributed by atoms with van der Waals surface area (Å²) in [5.41, 5.74) is 1.65. The number of aryl methyl sites for hydroxylation is 1. The molecule has 0 spiro atoms. The van der Waals surface area contributed by atoms with Crippen LogP contribution in [0.2, 0.25) is 10.0 Å². The van der Waals surface area contributed by atoms with E-state index >= 15 is 0 Å². The van der Waals surface area contributed by atoms with Gasteiger partial charge in [-0.25, -0.2) is 4.68 Å². The van der Waals surface area contributed by atoms with Gasteiger partial charge in [-0.3, -0.25) is 14.6 Å². The van der Waals surface area contributed by atoms with Crippen molar-refractivity contribution in [3.8, 4) is 11.3 Å². The summed E-state index contributed by atoms with van der Waals surface area (Å²) in [6.07, 6.45) is 3.91. The Morgan fingerprint density at radius 1 is 1.15 bits per heavy atom. The molecule has 0 aliphatic heterocycles. The third-order valence-corrected chi connectivity index (χ3v) is 4.38. The second-order valence-corrected chi connectivity index (χ2v) is 6.60. The average Bonchev–Trinajstić information content (AvgIpc) is 2.67. The van der Waals surface area contributed by atoms with Gasteiger partial charge in [-0.15, -0.1) is 0 Å². The number of hydrogen-bond donors (Lipinski definition) is 1. The minimum atomic E-state index is -0.291. The van der Waals surface area contributed by atoms with Crippen molar-refractivity contribution in [2.24, 2.45) is 0 Å². The molecule has 138 valence electrons. The van der Waals surface area contributed by atoms with Gasteiger partial charge in [-0.05, 0) is 42.8 Å². The summed E-state index contributed by atoms with van der Waals surface area (Å²) in [5.74, 6) is -0.291. The fraction of sp³-hybridized carbons (Fsp3) is 0.158. The van der Waals surface area contributed by atoms with Crippen molar-refractivity contribution in [3.63, 3.8) is 0 Å². The summed E-state index contributed by atoms with van der Waals surface area (Å²) in [7, 11) is 0. The maximum Gasteiger partial charge on any atom is 0.266 e. The lowest BCUT2D eigenvalue weighted by molar-refractivity contribution is 0.0952. The third kappa shape index (κ3) is 4.93. The van der Waals surface area contributed by atoms with Crippen LogP contribution in [0.4, 0.5) is 0 Å². The van der Waals surface area contributed by atoms with Gasteiger partial charge in [0.25, 0.3) is 11.5 Å². The molecular formula is C19H16Cl2N4O2. The first-order valence-electron chi connectivity index (χ1n) is 8.26. The highest BCUT2D eigenvalue weighted by atomic mass is 35.5. The number of benzene rings is 1. The third-order valence-electron chi connectivity index (χ3n) is 3.83. The van der Waals surface area contributed by atoms with Crippen molar-refractivity contribution >= 4 is 29.1 Å². The number of amides is 1. The highest BCUT2D eigenvalue weighted by molar-refractivity contribution is 6.36. The molecule has 1 aromatic carbocycles. The van der Waals surface area contributed by atoms with E-state index in [0.29, 0.717) is 40.8 Å². The number of halogens is 2. The highest BCUT2D eigenvalue weighted by Crippen LogP contribution is 2.20. The molecule has 6 nitrogen and oxygen atoms in total. The van der Waals surface area contributed by atoms with E-state index in [1.807, 2.05) is 12.1 Å². The number of hydrogen-bond acceptors (Lipinski definition) is 4. The molecular weight excluding hydrogens is 387 g/mol. The SMILES string of the molecule is O=C(NCCCn1nc(-c2cccnc2)ccc1=O)c1ccc(Cl)cc1Cl. The summed E-state index contributed by atoms with van der Waals surface area (Å²) in [6.45, 7) is 0.755. The van der Waals surface area contributed by atoms with E-state index in [9.17, 15) is 9.59 Å². The molecule has 0 bridgehead atoms. The van der Waals surface area contributed by atoms with Crippen LogP contribution in [0.1, 0.15) is 16.8 Å². The van der Waals surface area contributed by atoms with Crippen molar-refractivity contribution in [2.75, 3.05) is 6.54 Å². The molecule has 1 amide bonds. The van der Waals surface area contributed by atoms with E-state index in [1.165, 1.54) is 16.8 Å². The van der Waals surface area contributed by atoms with Gasteiger partial charge in [0.15, 0.2) is 0 Å². The average molecular weight is 403 g/mol. The lowest BCUT2D eigenvalue weighted by Gasteiger charge is -2.09. The first-order chi connectivity index (χ1) is 13.0. The van der Waals surface area contributed by atoms with Crippen molar-refractivity contribution in [2.45, 2.75) is 13.0 Å². The van der Waals surface area contributed by atoms with Crippen LogP contribution in [-0.4, -0.2) is 27.2 Å². The largest absolute Gasteiger partial charge is 0.352 e. The Kier molecular flexibility index (Phi) is 6.21. The minimum Gasteiger partial charge on any atom is -0.352 e. The zero-order chi connectivity index (χ0) is 19.2.